The molecule has 1 rings (SSSR count). The lowest BCUT2D eigenvalue weighted by Crippen LogP contribution is -2.64. The number of carbonyl (C=O) groups excluding carboxylic acids is 2. The van der Waals surface area contributed by atoms with Crippen LogP contribution < -0.4 is 0 Å². The predicted octanol–water partition coefficient (Wildman–Crippen LogP) is 8.11. The summed E-state index contributed by atoms with van der Waals surface area (Å²) in [5.41, 5.74) is 0. The first kappa shape index (κ1) is 52.9. The second-order valence-corrected chi connectivity index (χ2v) is 17.3. The van der Waals surface area contributed by atoms with E-state index in [9.17, 15) is 44.6 Å². The molecule has 332 valence electrons. The van der Waals surface area contributed by atoms with Gasteiger partial charge >= 0.3 is 19.8 Å². The van der Waals surface area contributed by atoms with E-state index in [2.05, 4.69) is 13.8 Å². The summed E-state index contributed by atoms with van der Waals surface area (Å²) < 4.78 is 33.5. The molecule has 0 aliphatic heterocycles. The van der Waals surface area contributed by atoms with Crippen molar-refractivity contribution < 1.29 is 63.1 Å². The van der Waals surface area contributed by atoms with Crippen molar-refractivity contribution in [3.8, 4) is 0 Å². The van der Waals surface area contributed by atoms with E-state index in [1.165, 1.54) is 122 Å². The molecule has 1 aliphatic rings. The molecule has 56 heavy (non-hydrogen) atoms. The average Bonchev–Trinajstić information content (AvgIpc) is 3.18. The molecule has 0 aromatic heterocycles. The predicted molar refractivity (Wildman–Crippen MR) is 217 cm³/mol. The first-order valence-corrected chi connectivity index (χ1v) is 23.8. The Morgan fingerprint density at radius 2 is 0.804 bits per heavy atom. The maximum Gasteiger partial charge on any atom is 0.472 e. The van der Waals surface area contributed by atoms with E-state index in [1.54, 1.807) is 0 Å². The molecule has 8 atom stereocenters. The Kier molecular flexibility index (Phi) is 31.8. The number of hydrogen-bond acceptors (Lipinski definition) is 12. The summed E-state index contributed by atoms with van der Waals surface area (Å²) in [6.07, 6.45) is 18.8. The zero-order valence-corrected chi connectivity index (χ0v) is 35.8. The van der Waals surface area contributed by atoms with Gasteiger partial charge in [-0.15, -0.1) is 0 Å². The van der Waals surface area contributed by atoms with Gasteiger partial charge in [-0.2, -0.15) is 0 Å². The molecular formula is C42H81O13P. The third-order valence-corrected chi connectivity index (χ3v) is 11.7. The molecule has 0 saturated heterocycles. The third-order valence-electron chi connectivity index (χ3n) is 10.7. The van der Waals surface area contributed by atoms with Crippen molar-refractivity contribution in [2.75, 3.05) is 13.2 Å². The quantitative estimate of drug-likeness (QED) is 0.0199. The van der Waals surface area contributed by atoms with E-state index in [4.69, 9.17) is 18.5 Å². The van der Waals surface area contributed by atoms with E-state index in [0.717, 1.165) is 38.5 Å². The van der Waals surface area contributed by atoms with Crippen molar-refractivity contribution in [2.24, 2.45) is 0 Å². The van der Waals surface area contributed by atoms with Crippen molar-refractivity contribution in [1.82, 2.24) is 0 Å². The number of carbonyl (C=O) groups is 2. The molecule has 0 aromatic rings. The first-order chi connectivity index (χ1) is 26.9. The molecular weight excluding hydrogens is 743 g/mol. The van der Waals surface area contributed by atoms with Gasteiger partial charge in [0.05, 0.1) is 6.61 Å². The summed E-state index contributed by atoms with van der Waals surface area (Å²) in [6, 6.07) is 0. The topological polar surface area (TPSA) is 210 Å². The van der Waals surface area contributed by atoms with Crippen molar-refractivity contribution in [1.29, 1.82) is 0 Å². The van der Waals surface area contributed by atoms with Crippen LogP contribution in [-0.4, -0.2) is 98.3 Å². The Balaban J connectivity index is 2.46. The molecule has 14 heteroatoms. The molecule has 13 nitrogen and oxygen atoms in total. The van der Waals surface area contributed by atoms with Gasteiger partial charge in [0.2, 0.25) is 0 Å². The van der Waals surface area contributed by atoms with Gasteiger partial charge in [-0.3, -0.25) is 18.6 Å². The molecule has 0 bridgehead atoms. The van der Waals surface area contributed by atoms with Crippen LogP contribution >= 0.6 is 7.82 Å². The maximum atomic E-state index is 12.8. The fourth-order valence-corrected chi connectivity index (χ4v) is 8.03. The van der Waals surface area contributed by atoms with Gasteiger partial charge < -0.3 is 39.9 Å². The van der Waals surface area contributed by atoms with Crippen LogP contribution in [0.15, 0.2) is 0 Å². The van der Waals surface area contributed by atoms with Gasteiger partial charge in [0.15, 0.2) is 6.10 Å². The lowest BCUT2D eigenvalue weighted by molar-refractivity contribution is -0.220. The largest absolute Gasteiger partial charge is 0.472 e. The number of phosphoric acid groups is 1. The molecule has 0 spiro atoms. The zero-order valence-electron chi connectivity index (χ0n) is 34.9. The summed E-state index contributed by atoms with van der Waals surface area (Å²) in [5.74, 6) is -1.09. The highest BCUT2D eigenvalue weighted by Crippen LogP contribution is 2.47. The van der Waals surface area contributed by atoms with E-state index in [1.807, 2.05) is 0 Å². The van der Waals surface area contributed by atoms with Crippen LogP contribution in [0.5, 0.6) is 0 Å². The van der Waals surface area contributed by atoms with Crippen molar-refractivity contribution in [2.45, 2.75) is 243 Å². The monoisotopic (exact) mass is 825 g/mol. The van der Waals surface area contributed by atoms with E-state index < -0.39 is 75.7 Å². The fraction of sp³-hybridized carbons (Fsp3) is 0.952. The summed E-state index contributed by atoms with van der Waals surface area (Å²) in [4.78, 5) is 35.6. The van der Waals surface area contributed by atoms with Crippen molar-refractivity contribution in [3.05, 3.63) is 0 Å². The van der Waals surface area contributed by atoms with Crippen LogP contribution in [0.25, 0.3) is 0 Å². The number of aliphatic hydroxyl groups excluding tert-OH is 5. The molecule has 6 N–H and O–H groups in total. The lowest BCUT2D eigenvalue weighted by atomic mass is 9.85. The van der Waals surface area contributed by atoms with E-state index >= 15 is 0 Å². The SMILES string of the molecule is CCCCCCCCCCCCCCCCCC(=O)O[C@H](COC(=O)CCCCCCCCCCCCCC)COP(=O)(O)OC1C(O)C(O)C(O)[C@H](O)C1O. The molecule has 1 saturated carbocycles. The van der Waals surface area contributed by atoms with Gasteiger partial charge in [0, 0.05) is 12.8 Å². The Morgan fingerprint density at radius 1 is 0.482 bits per heavy atom. The highest BCUT2D eigenvalue weighted by molar-refractivity contribution is 7.47. The summed E-state index contributed by atoms with van der Waals surface area (Å²) in [7, 11) is -5.11. The number of unbranched alkanes of at least 4 members (excludes halogenated alkanes) is 25. The molecule has 1 aliphatic carbocycles. The summed E-state index contributed by atoms with van der Waals surface area (Å²) in [6.45, 7) is 3.30. The highest BCUT2D eigenvalue weighted by Gasteiger charge is 2.51. The molecule has 0 amide bonds. The Labute approximate surface area is 338 Å². The minimum atomic E-state index is -5.11. The first-order valence-electron chi connectivity index (χ1n) is 22.3. The molecule has 6 unspecified atom stereocenters. The Bertz CT molecular complexity index is 1000. The number of ether oxygens (including phenoxy) is 2. The normalized spacial score (nSPS) is 22.8. The standard InChI is InChI=1S/C42H81O13P/c1-3-5-7-9-11-13-15-17-18-19-21-23-25-27-29-31-36(44)54-34(32-52-35(43)30-28-26-24-22-20-16-14-12-10-8-6-4-2)33-53-56(50,51)55-42-40(48)38(46)37(45)39(47)41(42)49/h34,37-42,45-49H,3-33H2,1-2H3,(H,50,51)/t34-,37?,38+,39?,40?,41?,42?/m1/s1. The molecule has 1 fully saturated rings. The lowest BCUT2D eigenvalue weighted by Gasteiger charge is -2.41. The maximum absolute atomic E-state index is 12.8. The second kappa shape index (κ2) is 33.7. The molecule has 0 aromatic carbocycles. The third kappa shape index (κ3) is 26.1. The van der Waals surface area contributed by atoms with Crippen LogP contribution in [0, 0.1) is 0 Å². The van der Waals surface area contributed by atoms with Crippen LogP contribution in [0.2, 0.25) is 0 Å². The van der Waals surface area contributed by atoms with Crippen LogP contribution in [0.4, 0.5) is 0 Å². The van der Waals surface area contributed by atoms with Gasteiger partial charge in [0.25, 0.3) is 0 Å². The van der Waals surface area contributed by atoms with E-state index in [0.29, 0.717) is 12.8 Å². The minimum absolute atomic E-state index is 0.105. The second-order valence-electron chi connectivity index (χ2n) is 15.9. The van der Waals surface area contributed by atoms with Crippen molar-refractivity contribution >= 4 is 19.8 Å². The van der Waals surface area contributed by atoms with Crippen LogP contribution in [-0.2, 0) is 32.7 Å². The molecule has 0 heterocycles. The molecule has 0 radical (unpaired) electrons. The zero-order chi connectivity index (χ0) is 41.4. The van der Waals surface area contributed by atoms with E-state index in [-0.39, 0.29) is 12.8 Å². The van der Waals surface area contributed by atoms with Gasteiger partial charge in [-0.1, -0.05) is 174 Å². The van der Waals surface area contributed by atoms with Crippen LogP contribution in [0.3, 0.4) is 0 Å². The minimum Gasteiger partial charge on any atom is -0.462 e. The summed E-state index contributed by atoms with van der Waals surface area (Å²) in [5, 5.41) is 50.0. The number of rotatable bonds is 37. The smallest absolute Gasteiger partial charge is 0.462 e. The Hall–Kier alpha value is -1.15. The van der Waals surface area contributed by atoms with Crippen LogP contribution in [0.1, 0.15) is 200 Å². The number of phosphoric ester groups is 1. The van der Waals surface area contributed by atoms with Gasteiger partial charge in [-0.25, -0.2) is 4.57 Å². The number of esters is 2. The van der Waals surface area contributed by atoms with Gasteiger partial charge in [-0.05, 0) is 12.8 Å². The number of hydrogen-bond donors (Lipinski definition) is 6. The average molecular weight is 825 g/mol. The number of aliphatic hydroxyl groups is 5. The Morgan fingerprint density at radius 3 is 1.18 bits per heavy atom. The van der Waals surface area contributed by atoms with Gasteiger partial charge in [0.1, 0.15) is 43.2 Å². The fourth-order valence-electron chi connectivity index (χ4n) is 7.05. The summed E-state index contributed by atoms with van der Waals surface area (Å²) >= 11 is 0. The van der Waals surface area contributed by atoms with Crippen molar-refractivity contribution in [3.63, 3.8) is 0 Å². The highest BCUT2D eigenvalue weighted by atomic mass is 31.2.